The SMILES string of the molecule is O=C(CCNc1ccc(F)c(F)c1)NCCc1ccc(Cl)cc1. The highest BCUT2D eigenvalue weighted by Gasteiger charge is 2.04. The molecular weight excluding hydrogens is 322 g/mol. The molecule has 0 aromatic heterocycles. The lowest BCUT2D eigenvalue weighted by molar-refractivity contribution is -0.120. The van der Waals surface area contributed by atoms with Crippen molar-refractivity contribution >= 4 is 23.2 Å². The van der Waals surface area contributed by atoms with E-state index in [1.807, 2.05) is 24.3 Å². The average Bonchev–Trinajstić information content (AvgIpc) is 2.53. The number of hydrogen-bond acceptors (Lipinski definition) is 2. The van der Waals surface area contributed by atoms with Gasteiger partial charge in [-0.1, -0.05) is 23.7 Å². The molecule has 3 nitrogen and oxygen atoms in total. The van der Waals surface area contributed by atoms with Crippen LogP contribution in [-0.4, -0.2) is 19.0 Å². The topological polar surface area (TPSA) is 41.1 Å². The summed E-state index contributed by atoms with van der Waals surface area (Å²) in [5.41, 5.74) is 1.53. The molecule has 0 saturated carbocycles. The van der Waals surface area contributed by atoms with Gasteiger partial charge in [0.15, 0.2) is 11.6 Å². The molecule has 0 bridgehead atoms. The van der Waals surface area contributed by atoms with Crippen LogP contribution in [0.3, 0.4) is 0 Å². The summed E-state index contributed by atoms with van der Waals surface area (Å²) in [6, 6.07) is 11.0. The van der Waals surface area contributed by atoms with E-state index < -0.39 is 11.6 Å². The van der Waals surface area contributed by atoms with E-state index in [2.05, 4.69) is 10.6 Å². The molecule has 6 heteroatoms. The molecule has 2 N–H and O–H groups in total. The minimum Gasteiger partial charge on any atom is -0.384 e. The van der Waals surface area contributed by atoms with E-state index in [0.29, 0.717) is 23.8 Å². The van der Waals surface area contributed by atoms with Crippen LogP contribution in [0.4, 0.5) is 14.5 Å². The molecule has 0 aliphatic heterocycles. The third kappa shape index (κ3) is 5.87. The first-order chi connectivity index (χ1) is 11.0. The second-order valence-corrected chi connectivity index (χ2v) is 5.47. The van der Waals surface area contributed by atoms with E-state index in [1.54, 1.807) is 0 Å². The van der Waals surface area contributed by atoms with E-state index >= 15 is 0 Å². The molecular formula is C17H17ClF2N2O. The summed E-state index contributed by atoms with van der Waals surface area (Å²) >= 11 is 5.80. The van der Waals surface area contributed by atoms with Gasteiger partial charge in [-0.15, -0.1) is 0 Å². The number of hydrogen-bond donors (Lipinski definition) is 2. The fourth-order valence-electron chi connectivity index (χ4n) is 2.01. The molecule has 0 fully saturated rings. The van der Waals surface area contributed by atoms with Crippen LogP contribution < -0.4 is 10.6 Å². The van der Waals surface area contributed by atoms with Gasteiger partial charge >= 0.3 is 0 Å². The number of anilines is 1. The summed E-state index contributed by atoms with van der Waals surface area (Å²) in [6.07, 6.45) is 0.971. The fraction of sp³-hybridized carbons (Fsp3) is 0.235. The number of benzene rings is 2. The first-order valence-electron chi connectivity index (χ1n) is 7.24. The fourth-order valence-corrected chi connectivity index (χ4v) is 2.14. The van der Waals surface area contributed by atoms with Gasteiger partial charge in [0.05, 0.1) is 0 Å². The monoisotopic (exact) mass is 338 g/mol. The molecule has 2 aromatic rings. The van der Waals surface area contributed by atoms with Gasteiger partial charge in [0.25, 0.3) is 0 Å². The van der Waals surface area contributed by atoms with Crippen molar-refractivity contribution in [1.82, 2.24) is 5.32 Å². The number of nitrogens with one attached hydrogen (secondary N) is 2. The molecule has 0 spiro atoms. The molecule has 0 saturated heterocycles. The largest absolute Gasteiger partial charge is 0.384 e. The van der Waals surface area contributed by atoms with Gasteiger partial charge in [-0.25, -0.2) is 8.78 Å². The molecule has 1 amide bonds. The molecule has 0 unspecified atom stereocenters. The van der Waals surface area contributed by atoms with Crippen LogP contribution in [0.2, 0.25) is 5.02 Å². The summed E-state index contributed by atoms with van der Waals surface area (Å²) in [5, 5.41) is 6.36. The second kappa shape index (κ2) is 8.48. The van der Waals surface area contributed by atoms with Crippen LogP contribution in [0.1, 0.15) is 12.0 Å². The van der Waals surface area contributed by atoms with Crippen LogP contribution >= 0.6 is 11.6 Å². The van der Waals surface area contributed by atoms with E-state index in [-0.39, 0.29) is 12.3 Å². The van der Waals surface area contributed by atoms with Crippen molar-refractivity contribution in [2.24, 2.45) is 0 Å². The molecule has 0 atom stereocenters. The number of rotatable bonds is 7. The van der Waals surface area contributed by atoms with Crippen LogP contribution in [0.15, 0.2) is 42.5 Å². The Morgan fingerprint density at radius 2 is 1.74 bits per heavy atom. The molecule has 0 aliphatic rings. The van der Waals surface area contributed by atoms with E-state index in [4.69, 9.17) is 11.6 Å². The predicted molar refractivity (Wildman–Crippen MR) is 87.6 cm³/mol. The summed E-state index contributed by atoms with van der Waals surface area (Å²) in [7, 11) is 0. The normalized spacial score (nSPS) is 10.4. The number of carbonyl (C=O) groups is 1. The summed E-state index contributed by atoms with van der Waals surface area (Å²) in [4.78, 5) is 11.7. The van der Waals surface area contributed by atoms with Crippen molar-refractivity contribution in [2.75, 3.05) is 18.4 Å². The zero-order valence-corrected chi connectivity index (χ0v) is 13.2. The zero-order chi connectivity index (χ0) is 16.7. The van der Waals surface area contributed by atoms with E-state index in [1.165, 1.54) is 6.07 Å². The van der Waals surface area contributed by atoms with Crippen molar-refractivity contribution in [3.63, 3.8) is 0 Å². The Hall–Kier alpha value is -2.14. The number of carbonyl (C=O) groups excluding carboxylic acids is 1. The quantitative estimate of drug-likeness (QED) is 0.806. The molecule has 2 aromatic carbocycles. The van der Waals surface area contributed by atoms with Crippen molar-refractivity contribution in [1.29, 1.82) is 0 Å². The predicted octanol–water partition coefficient (Wildman–Crippen LogP) is 3.78. The smallest absolute Gasteiger partial charge is 0.221 e. The van der Waals surface area contributed by atoms with E-state index in [0.717, 1.165) is 24.1 Å². The Morgan fingerprint density at radius 3 is 2.43 bits per heavy atom. The Bertz CT molecular complexity index is 662. The highest BCUT2D eigenvalue weighted by molar-refractivity contribution is 6.30. The third-order valence-corrected chi connectivity index (χ3v) is 3.50. The minimum atomic E-state index is -0.914. The summed E-state index contributed by atoms with van der Waals surface area (Å²) in [6.45, 7) is 0.878. The van der Waals surface area contributed by atoms with Gasteiger partial charge in [0.1, 0.15) is 0 Å². The van der Waals surface area contributed by atoms with Crippen LogP contribution in [0.25, 0.3) is 0 Å². The molecule has 2 rings (SSSR count). The van der Waals surface area contributed by atoms with Gasteiger partial charge < -0.3 is 10.6 Å². The van der Waals surface area contributed by atoms with E-state index in [9.17, 15) is 13.6 Å². The van der Waals surface area contributed by atoms with Gasteiger partial charge in [-0.05, 0) is 42.3 Å². The van der Waals surface area contributed by atoms with Crippen molar-refractivity contribution in [2.45, 2.75) is 12.8 Å². The number of halogens is 3. The van der Waals surface area contributed by atoms with Crippen molar-refractivity contribution < 1.29 is 13.6 Å². The van der Waals surface area contributed by atoms with Crippen LogP contribution in [0.5, 0.6) is 0 Å². The Labute approximate surface area is 138 Å². The lowest BCUT2D eigenvalue weighted by atomic mass is 10.1. The number of amides is 1. The van der Waals surface area contributed by atoms with Gasteiger partial charge in [0.2, 0.25) is 5.91 Å². The standard InChI is InChI=1S/C17H17ClF2N2O/c18-13-3-1-12(2-4-13)7-9-22-17(23)8-10-21-14-5-6-15(19)16(20)11-14/h1-6,11,21H,7-10H2,(H,22,23). The van der Waals surface area contributed by atoms with Crippen LogP contribution in [-0.2, 0) is 11.2 Å². The average molecular weight is 339 g/mol. The summed E-state index contributed by atoms with van der Waals surface area (Å²) in [5.74, 6) is -1.91. The lowest BCUT2D eigenvalue weighted by Crippen LogP contribution is -2.27. The van der Waals surface area contributed by atoms with Gasteiger partial charge in [-0.3, -0.25) is 4.79 Å². The first-order valence-corrected chi connectivity index (χ1v) is 7.62. The zero-order valence-electron chi connectivity index (χ0n) is 12.4. The Balaban J connectivity index is 1.65. The van der Waals surface area contributed by atoms with Gasteiger partial charge in [0, 0.05) is 30.2 Å². The molecule has 122 valence electrons. The molecule has 0 heterocycles. The Kier molecular flexibility index (Phi) is 6.35. The highest BCUT2D eigenvalue weighted by atomic mass is 35.5. The van der Waals surface area contributed by atoms with Gasteiger partial charge in [-0.2, -0.15) is 0 Å². The molecule has 23 heavy (non-hydrogen) atoms. The Morgan fingerprint density at radius 1 is 1.00 bits per heavy atom. The maximum atomic E-state index is 13.0. The lowest BCUT2D eigenvalue weighted by Gasteiger charge is -2.08. The maximum absolute atomic E-state index is 13.0. The maximum Gasteiger partial charge on any atom is 0.221 e. The third-order valence-electron chi connectivity index (χ3n) is 3.25. The minimum absolute atomic E-state index is 0.103. The van der Waals surface area contributed by atoms with Crippen molar-refractivity contribution in [3.05, 3.63) is 64.7 Å². The van der Waals surface area contributed by atoms with Crippen molar-refractivity contribution in [3.8, 4) is 0 Å². The highest BCUT2D eigenvalue weighted by Crippen LogP contribution is 2.13. The second-order valence-electron chi connectivity index (χ2n) is 5.03. The van der Waals surface area contributed by atoms with Crippen LogP contribution in [0, 0.1) is 11.6 Å². The summed E-state index contributed by atoms with van der Waals surface area (Å²) < 4.78 is 25.8. The molecule has 0 aliphatic carbocycles. The molecule has 0 radical (unpaired) electrons. The first kappa shape index (κ1) is 17.2.